The molecule has 0 unspecified atom stereocenters. The number of carboxylic acids is 1. The first-order valence-corrected chi connectivity index (χ1v) is 11.2. The van der Waals surface area contributed by atoms with Gasteiger partial charge in [-0.25, -0.2) is 9.78 Å². The summed E-state index contributed by atoms with van der Waals surface area (Å²) in [6.45, 7) is 2.19. The van der Waals surface area contributed by atoms with Crippen molar-refractivity contribution < 1.29 is 33.9 Å². The summed E-state index contributed by atoms with van der Waals surface area (Å²) in [5.41, 5.74) is 5.56. The number of amides is 2. The molecule has 1 saturated heterocycles. The third kappa shape index (κ3) is 4.91. The second kappa shape index (κ2) is 9.88. The quantitative estimate of drug-likeness (QED) is 0.139. The molecule has 0 saturated carbocycles. The van der Waals surface area contributed by atoms with Crippen molar-refractivity contribution in [2.24, 2.45) is 5.16 Å². The Morgan fingerprint density at radius 3 is 2.76 bits per heavy atom. The maximum absolute atomic E-state index is 12.9. The molecule has 0 bridgehead atoms. The molecule has 13 nitrogen and oxygen atoms in total. The summed E-state index contributed by atoms with van der Waals surface area (Å²) in [5.74, 6) is -3.19. The number of hydrogen-bond donors (Lipinski definition) is 3. The van der Waals surface area contributed by atoms with Crippen molar-refractivity contribution in [3.05, 3.63) is 21.8 Å². The van der Waals surface area contributed by atoms with Crippen molar-refractivity contribution in [3.63, 3.8) is 0 Å². The van der Waals surface area contributed by atoms with Crippen LogP contribution in [0.25, 0.3) is 0 Å². The Morgan fingerprint density at radius 2 is 2.18 bits per heavy atom. The van der Waals surface area contributed by atoms with E-state index >= 15 is 0 Å². The second-order valence-corrected chi connectivity index (χ2v) is 9.07. The zero-order valence-corrected chi connectivity index (χ0v) is 19.0. The van der Waals surface area contributed by atoms with Gasteiger partial charge in [0.2, 0.25) is 6.61 Å². The van der Waals surface area contributed by atoms with Crippen molar-refractivity contribution in [2.75, 3.05) is 24.7 Å². The van der Waals surface area contributed by atoms with E-state index in [-0.39, 0.29) is 40.2 Å². The van der Waals surface area contributed by atoms with Gasteiger partial charge in [-0.15, -0.1) is 23.1 Å². The lowest BCUT2D eigenvalue weighted by Crippen LogP contribution is -2.71. The molecular weight excluding hydrogens is 476 g/mol. The van der Waals surface area contributed by atoms with Gasteiger partial charge in [0, 0.05) is 23.1 Å². The number of hydrogen-bond acceptors (Lipinski definition) is 12. The highest BCUT2D eigenvalue weighted by molar-refractivity contribution is 8.00. The van der Waals surface area contributed by atoms with Crippen LogP contribution in [-0.2, 0) is 28.8 Å². The Hall–Kier alpha value is -3.64. The molecule has 15 heteroatoms. The van der Waals surface area contributed by atoms with Gasteiger partial charge in [0.25, 0.3) is 11.8 Å². The Morgan fingerprint density at radius 1 is 1.45 bits per heavy atom. The molecule has 2 amide bonds. The highest BCUT2D eigenvalue weighted by atomic mass is 32.2. The highest BCUT2D eigenvalue weighted by Crippen LogP contribution is 2.40. The summed E-state index contributed by atoms with van der Waals surface area (Å²) < 4.78 is 4.89. The number of nitrogens with one attached hydrogen (secondary N) is 1. The molecule has 4 N–H and O–H groups in total. The normalized spacial score (nSPS) is 19.8. The standard InChI is InChI=1S/C18H18N6O7S2/c1-7-10(22-18(20)33-7)11(23-31-4-3-19)14(26)21-12-15(27)24-13(17(28)29)9(5-30-8(2)25)6-32-16(12)24/h12,16H,4-6H2,1-2H3,(H2,20,22)(H,21,26)(H,28,29)/t12-,16-/m1/s1. The van der Waals surface area contributed by atoms with Gasteiger partial charge in [-0.05, 0) is 6.92 Å². The number of aliphatic carboxylic acids is 1. The van der Waals surface area contributed by atoms with Crippen LogP contribution in [0.4, 0.5) is 5.13 Å². The van der Waals surface area contributed by atoms with Gasteiger partial charge in [-0.3, -0.25) is 19.3 Å². The number of nitrogens with zero attached hydrogens (tertiary/aromatic N) is 4. The zero-order valence-electron chi connectivity index (χ0n) is 17.4. The highest BCUT2D eigenvalue weighted by Gasteiger charge is 2.54. The first-order chi connectivity index (χ1) is 15.6. The predicted molar refractivity (Wildman–Crippen MR) is 116 cm³/mol. The fourth-order valence-corrected chi connectivity index (χ4v) is 5.16. The number of oxime groups is 1. The van der Waals surface area contributed by atoms with Crippen LogP contribution in [0.15, 0.2) is 16.4 Å². The first-order valence-electron chi connectivity index (χ1n) is 9.30. The van der Waals surface area contributed by atoms with Crippen molar-refractivity contribution in [1.82, 2.24) is 15.2 Å². The molecule has 1 aromatic rings. The number of aromatic nitrogens is 1. The fraction of sp³-hybridized carbons (Fsp3) is 0.389. The van der Waals surface area contributed by atoms with Gasteiger partial charge < -0.3 is 25.7 Å². The minimum absolute atomic E-state index is 0.141. The fourth-order valence-electron chi connectivity index (χ4n) is 3.15. The van der Waals surface area contributed by atoms with E-state index in [0.717, 1.165) is 16.2 Å². The maximum Gasteiger partial charge on any atom is 0.352 e. The molecule has 3 rings (SSSR count). The Bertz CT molecular complexity index is 1120. The number of carbonyl (C=O) groups excluding carboxylic acids is 3. The van der Waals surface area contributed by atoms with E-state index in [0.29, 0.717) is 4.88 Å². The minimum Gasteiger partial charge on any atom is -0.477 e. The van der Waals surface area contributed by atoms with Crippen LogP contribution in [0.1, 0.15) is 17.5 Å². The topological polar surface area (TPSA) is 197 Å². The molecule has 1 aromatic heterocycles. The number of thiazole rings is 1. The SMILES string of the molecule is CC(=O)OCC1=C(C(=O)O)N2C(=O)[C@@H](NC(=O)C(=NOCC#N)c3nc(N)sc3C)[C@H]2SC1. The largest absolute Gasteiger partial charge is 0.477 e. The summed E-state index contributed by atoms with van der Waals surface area (Å²) >= 11 is 2.33. The molecule has 33 heavy (non-hydrogen) atoms. The van der Waals surface area contributed by atoms with Gasteiger partial charge in [-0.1, -0.05) is 5.16 Å². The number of thioether (sulfide) groups is 1. The smallest absolute Gasteiger partial charge is 0.352 e. The van der Waals surface area contributed by atoms with Crippen LogP contribution in [0.3, 0.4) is 0 Å². The molecule has 3 heterocycles. The van der Waals surface area contributed by atoms with E-state index in [4.69, 9.17) is 20.6 Å². The van der Waals surface area contributed by atoms with Gasteiger partial charge in [0.1, 0.15) is 35.5 Å². The number of esters is 1. The molecule has 2 atom stereocenters. The Balaban J connectivity index is 1.81. The van der Waals surface area contributed by atoms with Gasteiger partial charge >= 0.3 is 11.9 Å². The number of anilines is 1. The van der Waals surface area contributed by atoms with Crippen LogP contribution in [0, 0.1) is 18.3 Å². The number of rotatable bonds is 8. The van der Waals surface area contributed by atoms with Crippen LogP contribution in [-0.4, -0.2) is 74.8 Å². The van der Waals surface area contributed by atoms with Crippen LogP contribution >= 0.6 is 23.1 Å². The Kier molecular flexibility index (Phi) is 7.19. The average Bonchev–Trinajstić information content (AvgIpc) is 3.09. The summed E-state index contributed by atoms with van der Waals surface area (Å²) in [4.78, 5) is 59.1. The van der Waals surface area contributed by atoms with E-state index in [9.17, 15) is 24.3 Å². The number of fused-ring (bicyclic) bond motifs is 1. The number of carboxylic acid groups (broad SMARTS) is 1. The van der Waals surface area contributed by atoms with Crippen molar-refractivity contribution in [1.29, 1.82) is 5.26 Å². The summed E-state index contributed by atoms with van der Waals surface area (Å²) in [7, 11) is 0. The monoisotopic (exact) mass is 494 g/mol. The molecule has 2 aliphatic rings. The van der Waals surface area contributed by atoms with Gasteiger partial charge in [0.05, 0.1) is 0 Å². The van der Waals surface area contributed by atoms with Crippen LogP contribution < -0.4 is 11.1 Å². The lowest BCUT2D eigenvalue weighted by molar-refractivity contribution is -0.150. The van der Waals surface area contributed by atoms with Crippen molar-refractivity contribution >= 4 is 57.7 Å². The van der Waals surface area contributed by atoms with Gasteiger partial charge in [-0.2, -0.15) is 5.26 Å². The number of ether oxygens (including phenoxy) is 1. The molecule has 174 valence electrons. The molecule has 0 aliphatic carbocycles. The first kappa shape index (κ1) is 24.0. The Labute approximate surface area is 195 Å². The zero-order chi connectivity index (χ0) is 24.3. The molecule has 0 spiro atoms. The van der Waals surface area contributed by atoms with Crippen LogP contribution in [0.2, 0.25) is 0 Å². The van der Waals surface area contributed by atoms with Gasteiger partial charge in [0.15, 0.2) is 10.8 Å². The number of nitrogen functional groups attached to an aromatic ring is 1. The van der Waals surface area contributed by atoms with E-state index in [2.05, 4.69) is 15.5 Å². The lowest BCUT2D eigenvalue weighted by atomic mass is 10.0. The third-order valence-electron chi connectivity index (χ3n) is 4.52. The van der Waals surface area contributed by atoms with Crippen molar-refractivity contribution in [2.45, 2.75) is 25.3 Å². The number of nitriles is 1. The molecule has 1 fully saturated rings. The van der Waals surface area contributed by atoms with E-state index in [1.165, 1.54) is 18.7 Å². The number of aryl methyl sites for hydroxylation is 1. The lowest BCUT2D eigenvalue weighted by Gasteiger charge is -2.49. The second-order valence-electron chi connectivity index (χ2n) is 6.73. The van der Waals surface area contributed by atoms with Crippen LogP contribution in [0.5, 0.6) is 0 Å². The van der Waals surface area contributed by atoms with E-state index in [1.807, 2.05) is 0 Å². The molecule has 2 aliphatic heterocycles. The minimum atomic E-state index is -1.35. The molecular formula is C18H18N6O7S2. The predicted octanol–water partition coefficient (Wildman–Crippen LogP) is -0.420. The summed E-state index contributed by atoms with van der Waals surface area (Å²) in [6.07, 6.45) is 0. The summed E-state index contributed by atoms with van der Waals surface area (Å²) in [6, 6.07) is 0.680. The van der Waals surface area contributed by atoms with E-state index in [1.54, 1.807) is 13.0 Å². The maximum atomic E-state index is 12.9. The third-order valence-corrected chi connectivity index (χ3v) is 6.66. The average molecular weight is 495 g/mol. The molecule has 0 aromatic carbocycles. The summed E-state index contributed by atoms with van der Waals surface area (Å²) in [5, 5.41) is 24.0. The molecule has 0 radical (unpaired) electrons. The number of nitrogens with two attached hydrogens (primary N) is 1. The number of carbonyl (C=O) groups is 4. The van der Waals surface area contributed by atoms with E-state index < -0.39 is 41.8 Å². The number of β-lactam (4-membered cyclic amide) rings is 1. The van der Waals surface area contributed by atoms with Crippen molar-refractivity contribution in [3.8, 4) is 6.07 Å².